The monoisotopic (exact) mass is 406 g/mol. The minimum absolute atomic E-state index is 0.307. The van der Waals surface area contributed by atoms with Gasteiger partial charge >= 0.3 is 12.2 Å². The molecule has 2 amide bonds. The fourth-order valence-corrected chi connectivity index (χ4v) is 3.57. The highest BCUT2D eigenvalue weighted by atomic mass is 16.5. The van der Waals surface area contributed by atoms with E-state index in [-0.39, 0.29) is 12.2 Å². The molecule has 0 spiro atoms. The van der Waals surface area contributed by atoms with E-state index in [1.54, 1.807) is 9.80 Å². The maximum atomic E-state index is 12.3. The van der Waals surface area contributed by atoms with Crippen molar-refractivity contribution in [3.63, 3.8) is 0 Å². The van der Waals surface area contributed by atoms with E-state index < -0.39 is 0 Å². The van der Waals surface area contributed by atoms with Gasteiger partial charge in [0.15, 0.2) is 0 Å². The fraction of sp³-hybridized carbons (Fsp3) is 0.652. The van der Waals surface area contributed by atoms with Crippen molar-refractivity contribution in [2.24, 2.45) is 0 Å². The summed E-state index contributed by atoms with van der Waals surface area (Å²) >= 11 is 0. The number of nitrogens with zero attached hydrogens (tertiary/aromatic N) is 2. The van der Waals surface area contributed by atoms with Crippen LogP contribution in [0.25, 0.3) is 0 Å². The zero-order valence-electron chi connectivity index (χ0n) is 19.3. The molecule has 1 aromatic rings. The summed E-state index contributed by atoms with van der Waals surface area (Å²) in [5.41, 5.74) is 5.65. The highest BCUT2D eigenvalue weighted by molar-refractivity contribution is 5.68. The van der Waals surface area contributed by atoms with Gasteiger partial charge in [0.25, 0.3) is 0 Å². The maximum absolute atomic E-state index is 12.3. The van der Waals surface area contributed by atoms with Gasteiger partial charge in [-0.1, -0.05) is 32.8 Å². The summed E-state index contributed by atoms with van der Waals surface area (Å²) < 4.78 is 9.98. The van der Waals surface area contributed by atoms with Crippen LogP contribution in [0, 0.1) is 20.8 Å². The molecule has 1 rings (SSSR count). The molecule has 0 fully saturated rings. The van der Waals surface area contributed by atoms with Gasteiger partial charge in [-0.15, -0.1) is 0 Å². The van der Waals surface area contributed by atoms with Crippen molar-refractivity contribution in [1.82, 2.24) is 9.80 Å². The third-order valence-electron chi connectivity index (χ3n) is 5.42. The molecule has 0 unspecified atom stereocenters. The first-order valence-electron chi connectivity index (χ1n) is 10.5. The molecular weight excluding hydrogens is 368 g/mol. The summed E-state index contributed by atoms with van der Waals surface area (Å²) in [6.45, 7) is 12.8. The molecule has 0 bridgehead atoms. The van der Waals surface area contributed by atoms with Crippen molar-refractivity contribution in [1.29, 1.82) is 0 Å². The van der Waals surface area contributed by atoms with Gasteiger partial charge in [-0.2, -0.15) is 0 Å². The van der Waals surface area contributed by atoms with Gasteiger partial charge in [-0.25, -0.2) is 9.59 Å². The fourth-order valence-electron chi connectivity index (χ4n) is 3.57. The molecule has 6 nitrogen and oxygen atoms in total. The largest absolute Gasteiger partial charge is 0.453 e. The van der Waals surface area contributed by atoms with Crippen LogP contribution in [0.15, 0.2) is 6.07 Å². The molecule has 164 valence electrons. The van der Waals surface area contributed by atoms with E-state index in [1.165, 1.54) is 14.2 Å². The minimum Gasteiger partial charge on any atom is -0.453 e. The molecule has 0 aliphatic rings. The van der Waals surface area contributed by atoms with Gasteiger partial charge in [0.1, 0.15) is 0 Å². The van der Waals surface area contributed by atoms with Crippen molar-refractivity contribution in [2.75, 3.05) is 27.3 Å². The number of carbonyl (C=O) groups is 2. The lowest BCUT2D eigenvalue weighted by atomic mass is 9.92. The summed E-state index contributed by atoms with van der Waals surface area (Å²) in [6.07, 6.45) is 3.27. The van der Waals surface area contributed by atoms with Crippen LogP contribution in [0.4, 0.5) is 9.59 Å². The average molecular weight is 407 g/mol. The van der Waals surface area contributed by atoms with Gasteiger partial charge in [0.05, 0.1) is 14.2 Å². The van der Waals surface area contributed by atoms with E-state index in [0.717, 1.165) is 53.5 Å². The van der Waals surface area contributed by atoms with Crippen LogP contribution in [-0.4, -0.2) is 49.3 Å². The van der Waals surface area contributed by atoms with Gasteiger partial charge < -0.3 is 19.3 Å². The van der Waals surface area contributed by atoms with Crippen LogP contribution in [-0.2, 0) is 22.6 Å². The van der Waals surface area contributed by atoms with Gasteiger partial charge in [0, 0.05) is 26.2 Å². The highest BCUT2D eigenvalue weighted by Crippen LogP contribution is 2.26. The van der Waals surface area contributed by atoms with E-state index in [1.807, 2.05) is 0 Å². The van der Waals surface area contributed by atoms with Crippen molar-refractivity contribution >= 4 is 12.2 Å². The Bertz CT molecular complexity index is 634. The average Bonchev–Trinajstić information content (AvgIpc) is 2.71. The Kier molecular flexibility index (Phi) is 10.6. The molecule has 6 heteroatoms. The Hall–Kier alpha value is -2.24. The molecule has 0 aromatic heterocycles. The summed E-state index contributed by atoms with van der Waals surface area (Å²) in [5.74, 6) is 0. The van der Waals surface area contributed by atoms with E-state index >= 15 is 0 Å². The molecule has 0 heterocycles. The lowest BCUT2D eigenvalue weighted by Crippen LogP contribution is -2.33. The SMILES string of the molecule is CCCCN(Cc1c(C)cc(C)c(CN(CCCC)C(=O)OC)c1C)C(=O)OC. The first-order chi connectivity index (χ1) is 13.8. The van der Waals surface area contributed by atoms with Crippen molar-refractivity contribution < 1.29 is 19.1 Å². The molecule has 0 aliphatic heterocycles. The summed E-state index contributed by atoms with van der Waals surface area (Å²) in [6, 6.07) is 2.14. The Morgan fingerprint density at radius 1 is 0.793 bits per heavy atom. The molecule has 0 N–H and O–H groups in total. The Morgan fingerprint density at radius 2 is 1.17 bits per heavy atom. The number of hydrogen-bond acceptors (Lipinski definition) is 4. The number of methoxy groups -OCH3 is 2. The molecule has 0 saturated heterocycles. The number of benzene rings is 1. The van der Waals surface area contributed by atoms with Crippen LogP contribution in [0.3, 0.4) is 0 Å². The summed E-state index contributed by atoms with van der Waals surface area (Å²) in [5, 5.41) is 0. The number of rotatable bonds is 10. The Balaban J connectivity index is 3.24. The quantitative estimate of drug-likeness (QED) is 0.526. The van der Waals surface area contributed by atoms with Crippen molar-refractivity contribution in [3.8, 4) is 0 Å². The molecule has 1 aromatic carbocycles. The predicted molar refractivity (Wildman–Crippen MR) is 116 cm³/mol. The first-order valence-corrected chi connectivity index (χ1v) is 10.5. The van der Waals surface area contributed by atoms with Crippen LogP contribution in [0.2, 0.25) is 0 Å². The number of aryl methyl sites for hydroxylation is 2. The van der Waals surface area contributed by atoms with E-state index in [9.17, 15) is 9.59 Å². The lowest BCUT2D eigenvalue weighted by molar-refractivity contribution is 0.120. The van der Waals surface area contributed by atoms with Crippen molar-refractivity contribution in [2.45, 2.75) is 73.4 Å². The van der Waals surface area contributed by atoms with E-state index in [4.69, 9.17) is 9.47 Å². The normalized spacial score (nSPS) is 10.6. The molecule has 0 radical (unpaired) electrons. The maximum Gasteiger partial charge on any atom is 0.409 e. The molecule has 0 aliphatic carbocycles. The molecule has 0 saturated carbocycles. The number of ether oxygens (including phenoxy) is 2. The highest BCUT2D eigenvalue weighted by Gasteiger charge is 2.21. The minimum atomic E-state index is -0.307. The lowest BCUT2D eigenvalue weighted by Gasteiger charge is -2.27. The second-order valence-corrected chi connectivity index (χ2v) is 7.58. The second-order valence-electron chi connectivity index (χ2n) is 7.58. The van der Waals surface area contributed by atoms with Gasteiger partial charge in [-0.3, -0.25) is 0 Å². The smallest absolute Gasteiger partial charge is 0.409 e. The predicted octanol–water partition coefficient (Wildman–Crippen LogP) is 5.35. The van der Waals surface area contributed by atoms with Gasteiger partial charge in [-0.05, 0) is 61.4 Å². The number of unbranched alkanes of at least 4 members (excludes halogenated alkanes) is 2. The van der Waals surface area contributed by atoms with Crippen LogP contribution in [0.5, 0.6) is 0 Å². The molecule has 0 atom stereocenters. The van der Waals surface area contributed by atoms with E-state index in [0.29, 0.717) is 26.2 Å². The summed E-state index contributed by atoms with van der Waals surface area (Å²) in [4.78, 5) is 28.0. The molecular formula is C23H38N2O4. The number of hydrogen-bond donors (Lipinski definition) is 0. The third-order valence-corrected chi connectivity index (χ3v) is 5.42. The van der Waals surface area contributed by atoms with Crippen molar-refractivity contribution in [3.05, 3.63) is 33.9 Å². The van der Waals surface area contributed by atoms with Gasteiger partial charge in [0.2, 0.25) is 0 Å². The van der Waals surface area contributed by atoms with E-state index in [2.05, 4.69) is 40.7 Å². The summed E-state index contributed by atoms with van der Waals surface area (Å²) in [7, 11) is 2.84. The second kappa shape index (κ2) is 12.3. The Morgan fingerprint density at radius 3 is 1.48 bits per heavy atom. The zero-order chi connectivity index (χ0) is 22.0. The number of amides is 2. The number of carbonyl (C=O) groups excluding carboxylic acids is 2. The third kappa shape index (κ3) is 6.94. The van der Waals surface area contributed by atoms with Crippen LogP contribution < -0.4 is 0 Å². The Labute approximate surface area is 176 Å². The van der Waals surface area contributed by atoms with Crippen LogP contribution >= 0.6 is 0 Å². The first kappa shape index (κ1) is 24.8. The van der Waals surface area contributed by atoms with Crippen LogP contribution in [0.1, 0.15) is 67.3 Å². The molecule has 29 heavy (non-hydrogen) atoms. The topological polar surface area (TPSA) is 59.1 Å². The standard InChI is InChI=1S/C23H38N2O4/c1-8-10-12-24(22(26)28-6)15-20-17(3)14-18(4)21(19(20)5)16-25(13-11-9-2)23(27)29-7/h14H,8-13,15-16H2,1-7H3. The zero-order valence-corrected chi connectivity index (χ0v) is 19.3.